The first-order valence-electron chi connectivity index (χ1n) is 5.39. The Morgan fingerprint density at radius 3 is 2.53 bits per heavy atom. The summed E-state index contributed by atoms with van der Waals surface area (Å²) in [4.78, 5) is 22.0. The van der Waals surface area contributed by atoms with Gasteiger partial charge in [-0.1, -0.05) is 22.0 Å². The lowest BCUT2D eigenvalue weighted by Crippen LogP contribution is -2.26. The van der Waals surface area contributed by atoms with E-state index in [0.29, 0.717) is 15.6 Å². The van der Waals surface area contributed by atoms with Gasteiger partial charge in [-0.3, -0.25) is 4.79 Å². The second-order valence-electron chi connectivity index (χ2n) is 3.91. The number of aliphatic hydroxyl groups excluding tert-OH is 2. The van der Waals surface area contributed by atoms with Crippen LogP contribution in [-0.2, 0) is 9.53 Å². The molecule has 0 radical (unpaired) electrons. The van der Waals surface area contributed by atoms with Gasteiger partial charge < -0.3 is 20.7 Å². The Labute approximate surface area is 118 Å². The number of hydrogen-bond acceptors (Lipinski definition) is 5. The number of carbonyl (C=O) groups excluding carboxylic acids is 2. The molecule has 0 heterocycles. The molecule has 1 amide bonds. The highest BCUT2D eigenvalue weighted by Gasteiger charge is 2.23. The highest BCUT2D eigenvalue weighted by molar-refractivity contribution is 9.10. The summed E-state index contributed by atoms with van der Waals surface area (Å²) in [5.74, 6) is -1.23. The summed E-state index contributed by atoms with van der Waals surface area (Å²) in [6.07, 6.45) is -2.95. The van der Waals surface area contributed by atoms with Crippen molar-refractivity contribution in [1.82, 2.24) is 0 Å². The summed E-state index contributed by atoms with van der Waals surface area (Å²) in [6.45, 7) is 0. The fourth-order valence-corrected chi connectivity index (χ4v) is 2.15. The Balaban J connectivity index is 2.95. The van der Waals surface area contributed by atoms with Crippen molar-refractivity contribution < 1.29 is 24.5 Å². The molecule has 7 heteroatoms. The van der Waals surface area contributed by atoms with Crippen LogP contribution >= 0.6 is 15.9 Å². The Kier molecular flexibility index (Phi) is 5.46. The number of carbonyl (C=O) groups is 2. The molecular weight excluding hydrogens is 318 g/mol. The van der Waals surface area contributed by atoms with E-state index in [-0.39, 0.29) is 6.42 Å². The van der Waals surface area contributed by atoms with Gasteiger partial charge in [0, 0.05) is 4.47 Å². The number of benzene rings is 1. The largest absolute Gasteiger partial charge is 0.465 e. The number of methoxy groups -OCH3 is 1. The minimum atomic E-state index is -1.31. The zero-order chi connectivity index (χ0) is 14.6. The summed E-state index contributed by atoms with van der Waals surface area (Å²) in [5, 5.41) is 19.5. The molecule has 0 fully saturated rings. The van der Waals surface area contributed by atoms with Crippen LogP contribution in [0.3, 0.4) is 0 Å². The molecule has 1 aromatic carbocycles. The Hall–Kier alpha value is -1.44. The zero-order valence-corrected chi connectivity index (χ0v) is 11.8. The van der Waals surface area contributed by atoms with Gasteiger partial charge in [-0.05, 0) is 17.7 Å². The number of nitrogens with two attached hydrogens (primary N) is 1. The molecule has 1 rings (SSSR count). The van der Waals surface area contributed by atoms with E-state index >= 15 is 0 Å². The number of primary amides is 1. The normalized spacial score (nSPS) is 13.7. The summed E-state index contributed by atoms with van der Waals surface area (Å²) in [7, 11) is 1.26. The van der Waals surface area contributed by atoms with Crippen LogP contribution < -0.4 is 5.73 Å². The number of amides is 1. The van der Waals surface area contributed by atoms with Gasteiger partial charge in [0.15, 0.2) is 0 Å². The van der Waals surface area contributed by atoms with E-state index in [0.717, 1.165) is 0 Å². The highest BCUT2D eigenvalue weighted by atomic mass is 79.9. The maximum absolute atomic E-state index is 11.3. The van der Waals surface area contributed by atoms with Gasteiger partial charge in [0.05, 0.1) is 25.2 Å². The van der Waals surface area contributed by atoms with Gasteiger partial charge in [-0.2, -0.15) is 0 Å². The van der Waals surface area contributed by atoms with Gasteiger partial charge in [-0.15, -0.1) is 0 Å². The predicted molar refractivity (Wildman–Crippen MR) is 70.3 cm³/mol. The minimum Gasteiger partial charge on any atom is -0.465 e. The third-order valence-corrected chi connectivity index (χ3v) is 3.20. The standard InChI is InChI=1S/C12H14BrNO5/c1-19-12(18)6-2-3-7(8(13)4-6)11(17)9(15)5-10(14)16/h2-4,9,11,15,17H,5H2,1H3,(H2,14,16). The molecule has 19 heavy (non-hydrogen) atoms. The highest BCUT2D eigenvalue weighted by Crippen LogP contribution is 2.28. The van der Waals surface area contributed by atoms with Crippen LogP contribution in [0.15, 0.2) is 22.7 Å². The molecule has 0 bridgehead atoms. The predicted octanol–water partition coefficient (Wildman–Crippen LogP) is 0.505. The maximum atomic E-state index is 11.3. The molecule has 0 aliphatic heterocycles. The van der Waals surface area contributed by atoms with Crippen LogP contribution in [-0.4, -0.2) is 35.3 Å². The number of halogens is 1. The molecule has 104 valence electrons. The third kappa shape index (κ3) is 4.02. The average molecular weight is 332 g/mol. The topological polar surface area (TPSA) is 110 Å². The van der Waals surface area contributed by atoms with Gasteiger partial charge in [0.25, 0.3) is 0 Å². The lowest BCUT2D eigenvalue weighted by Gasteiger charge is -2.18. The number of aliphatic hydroxyl groups is 2. The second kappa shape index (κ2) is 6.65. The molecule has 0 saturated heterocycles. The molecule has 0 spiro atoms. The fraction of sp³-hybridized carbons (Fsp3) is 0.333. The van der Waals surface area contributed by atoms with Crippen LogP contribution in [0.25, 0.3) is 0 Å². The Bertz CT molecular complexity index is 491. The molecule has 0 saturated carbocycles. The lowest BCUT2D eigenvalue weighted by molar-refractivity contribution is -0.121. The van der Waals surface area contributed by atoms with Gasteiger partial charge in [-0.25, -0.2) is 4.79 Å². The molecule has 1 aromatic rings. The van der Waals surface area contributed by atoms with Crippen LogP contribution in [0.1, 0.15) is 28.4 Å². The minimum absolute atomic E-state index is 0.301. The van der Waals surface area contributed by atoms with Crippen molar-refractivity contribution in [1.29, 1.82) is 0 Å². The number of ether oxygens (including phenoxy) is 1. The van der Waals surface area contributed by atoms with Gasteiger partial charge >= 0.3 is 5.97 Å². The molecule has 2 unspecified atom stereocenters. The van der Waals surface area contributed by atoms with Crippen molar-refractivity contribution in [2.45, 2.75) is 18.6 Å². The molecule has 0 aliphatic carbocycles. The van der Waals surface area contributed by atoms with E-state index in [2.05, 4.69) is 20.7 Å². The van der Waals surface area contributed by atoms with E-state index in [1.54, 1.807) is 0 Å². The van der Waals surface area contributed by atoms with E-state index in [9.17, 15) is 19.8 Å². The van der Waals surface area contributed by atoms with Crippen molar-refractivity contribution in [3.63, 3.8) is 0 Å². The first-order chi connectivity index (χ1) is 8.86. The van der Waals surface area contributed by atoms with E-state index in [1.165, 1.54) is 25.3 Å². The molecular formula is C12H14BrNO5. The molecule has 0 aromatic heterocycles. The van der Waals surface area contributed by atoms with Crippen LogP contribution in [0.2, 0.25) is 0 Å². The Morgan fingerprint density at radius 2 is 2.05 bits per heavy atom. The maximum Gasteiger partial charge on any atom is 0.337 e. The summed E-state index contributed by atoms with van der Waals surface area (Å²) in [6, 6.07) is 4.37. The SMILES string of the molecule is COC(=O)c1ccc(C(O)C(O)CC(N)=O)c(Br)c1. The summed E-state index contributed by atoms with van der Waals surface area (Å²) in [5.41, 5.74) is 5.60. The smallest absolute Gasteiger partial charge is 0.337 e. The van der Waals surface area contributed by atoms with E-state index < -0.39 is 24.1 Å². The first kappa shape index (κ1) is 15.6. The molecule has 0 aliphatic rings. The van der Waals surface area contributed by atoms with Crippen molar-refractivity contribution in [3.8, 4) is 0 Å². The lowest BCUT2D eigenvalue weighted by atomic mass is 10.0. The van der Waals surface area contributed by atoms with Crippen molar-refractivity contribution in [2.24, 2.45) is 5.73 Å². The molecule has 2 atom stereocenters. The van der Waals surface area contributed by atoms with Crippen molar-refractivity contribution >= 4 is 27.8 Å². The van der Waals surface area contributed by atoms with Gasteiger partial charge in [0.2, 0.25) is 5.91 Å². The number of rotatable bonds is 5. The second-order valence-corrected chi connectivity index (χ2v) is 4.76. The molecule has 6 nitrogen and oxygen atoms in total. The fourth-order valence-electron chi connectivity index (χ4n) is 1.54. The summed E-state index contributed by atoms with van der Waals surface area (Å²) >= 11 is 3.18. The van der Waals surface area contributed by atoms with Crippen LogP contribution in [0.4, 0.5) is 0 Å². The van der Waals surface area contributed by atoms with Crippen molar-refractivity contribution in [2.75, 3.05) is 7.11 Å². The summed E-state index contributed by atoms with van der Waals surface area (Å²) < 4.78 is 4.98. The monoisotopic (exact) mass is 331 g/mol. The number of esters is 1. The first-order valence-corrected chi connectivity index (χ1v) is 6.18. The number of hydrogen-bond donors (Lipinski definition) is 3. The molecule has 4 N–H and O–H groups in total. The van der Waals surface area contributed by atoms with E-state index in [1.807, 2.05) is 0 Å². The zero-order valence-electron chi connectivity index (χ0n) is 10.2. The quantitative estimate of drug-likeness (QED) is 0.681. The average Bonchev–Trinajstić information content (AvgIpc) is 2.36. The third-order valence-electron chi connectivity index (χ3n) is 2.51. The van der Waals surface area contributed by atoms with Crippen LogP contribution in [0.5, 0.6) is 0 Å². The van der Waals surface area contributed by atoms with Gasteiger partial charge in [0.1, 0.15) is 6.10 Å². The van der Waals surface area contributed by atoms with Crippen LogP contribution in [0, 0.1) is 0 Å². The van der Waals surface area contributed by atoms with Crippen molar-refractivity contribution in [3.05, 3.63) is 33.8 Å². The Morgan fingerprint density at radius 1 is 1.42 bits per heavy atom. The van der Waals surface area contributed by atoms with E-state index in [4.69, 9.17) is 5.73 Å².